The Balaban J connectivity index is 1.73. The second kappa shape index (κ2) is 4.57. The van der Waals surface area contributed by atoms with Gasteiger partial charge in [-0.05, 0) is 75.0 Å². The average molecular weight is 245 g/mol. The molecule has 1 heteroatoms. The number of nitrogens with one attached hydrogen (secondary N) is 1. The molecule has 0 heterocycles. The maximum Gasteiger partial charge on any atom is 0.0686 e. The van der Waals surface area contributed by atoms with Crippen LogP contribution in [0.3, 0.4) is 0 Å². The number of rotatable bonds is 4. The second-order valence-corrected chi connectivity index (χ2v) is 7.30. The van der Waals surface area contributed by atoms with Crippen molar-refractivity contribution in [3.63, 3.8) is 0 Å². The van der Waals surface area contributed by atoms with Crippen LogP contribution in [-0.4, -0.2) is 12.1 Å². The summed E-state index contributed by atoms with van der Waals surface area (Å²) in [5.74, 6) is 6.00. The van der Waals surface area contributed by atoms with Crippen molar-refractivity contribution in [1.29, 1.82) is 0 Å². The van der Waals surface area contributed by atoms with Crippen LogP contribution in [0.25, 0.3) is 0 Å². The first-order valence-electron chi connectivity index (χ1n) is 7.87. The highest BCUT2D eigenvalue weighted by Gasteiger charge is 2.53. The van der Waals surface area contributed by atoms with E-state index in [1.807, 2.05) is 0 Å². The SMILES string of the molecule is C#CC(CC)NC(C)C12CC3CC(CC(C3)C1)C2. The Bertz CT molecular complexity index is 316. The molecule has 0 aromatic rings. The van der Waals surface area contributed by atoms with Crippen molar-refractivity contribution < 1.29 is 0 Å². The molecule has 4 fully saturated rings. The summed E-state index contributed by atoms with van der Waals surface area (Å²) in [7, 11) is 0. The predicted octanol–water partition coefficient (Wildman–Crippen LogP) is 3.59. The van der Waals surface area contributed by atoms with Crippen LogP contribution in [0, 0.1) is 35.5 Å². The summed E-state index contributed by atoms with van der Waals surface area (Å²) >= 11 is 0. The molecule has 0 aromatic heterocycles. The Hall–Kier alpha value is -0.480. The van der Waals surface area contributed by atoms with E-state index in [0.717, 1.165) is 24.2 Å². The van der Waals surface area contributed by atoms with E-state index in [1.54, 1.807) is 0 Å². The third kappa shape index (κ3) is 1.99. The van der Waals surface area contributed by atoms with Gasteiger partial charge in [0, 0.05) is 6.04 Å². The van der Waals surface area contributed by atoms with Crippen molar-refractivity contribution in [2.24, 2.45) is 23.2 Å². The van der Waals surface area contributed by atoms with Gasteiger partial charge in [0.2, 0.25) is 0 Å². The molecule has 4 saturated carbocycles. The van der Waals surface area contributed by atoms with E-state index >= 15 is 0 Å². The summed E-state index contributed by atoms with van der Waals surface area (Å²) in [6.45, 7) is 4.58. The average Bonchev–Trinajstić information content (AvgIpc) is 2.34. The topological polar surface area (TPSA) is 12.0 Å². The molecule has 2 atom stereocenters. The van der Waals surface area contributed by atoms with E-state index in [4.69, 9.17) is 6.42 Å². The molecule has 0 radical (unpaired) electrons. The molecule has 100 valence electrons. The Morgan fingerprint density at radius 2 is 1.67 bits per heavy atom. The van der Waals surface area contributed by atoms with E-state index in [0.29, 0.717) is 11.5 Å². The van der Waals surface area contributed by atoms with E-state index < -0.39 is 0 Å². The van der Waals surface area contributed by atoms with Crippen LogP contribution in [0.15, 0.2) is 0 Å². The maximum atomic E-state index is 5.61. The highest BCUT2D eigenvalue weighted by molar-refractivity contribution is 5.07. The lowest BCUT2D eigenvalue weighted by Gasteiger charge is -2.59. The summed E-state index contributed by atoms with van der Waals surface area (Å²) in [5, 5.41) is 3.74. The van der Waals surface area contributed by atoms with E-state index in [2.05, 4.69) is 25.1 Å². The third-order valence-electron chi connectivity index (χ3n) is 6.06. The molecule has 1 N–H and O–H groups in total. The first-order chi connectivity index (χ1) is 8.65. The molecule has 4 aliphatic carbocycles. The fourth-order valence-electron chi connectivity index (χ4n) is 5.47. The molecule has 0 aromatic carbocycles. The van der Waals surface area contributed by atoms with Gasteiger partial charge in [-0.2, -0.15) is 0 Å². The van der Waals surface area contributed by atoms with Crippen LogP contribution in [0.2, 0.25) is 0 Å². The van der Waals surface area contributed by atoms with Crippen molar-refractivity contribution in [3.8, 4) is 12.3 Å². The van der Waals surface area contributed by atoms with Gasteiger partial charge < -0.3 is 5.32 Å². The third-order valence-corrected chi connectivity index (χ3v) is 6.06. The molecule has 0 spiro atoms. The number of hydrogen-bond acceptors (Lipinski definition) is 1. The van der Waals surface area contributed by atoms with Gasteiger partial charge >= 0.3 is 0 Å². The van der Waals surface area contributed by atoms with Gasteiger partial charge in [-0.15, -0.1) is 6.42 Å². The molecular formula is C17H27N. The van der Waals surface area contributed by atoms with Gasteiger partial charge in [0.05, 0.1) is 6.04 Å². The summed E-state index contributed by atoms with van der Waals surface area (Å²) in [5.41, 5.74) is 0.582. The van der Waals surface area contributed by atoms with Crippen molar-refractivity contribution in [1.82, 2.24) is 5.32 Å². The smallest absolute Gasteiger partial charge is 0.0686 e. The molecule has 0 saturated heterocycles. The van der Waals surface area contributed by atoms with Gasteiger partial charge in [0.1, 0.15) is 0 Å². The fourth-order valence-corrected chi connectivity index (χ4v) is 5.47. The molecule has 1 nitrogen and oxygen atoms in total. The number of hydrogen-bond donors (Lipinski definition) is 1. The van der Waals surface area contributed by atoms with Crippen LogP contribution in [0.1, 0.15) is 58.8 Å². The van der Waals surface area contributed by atoms with Crippen molar-refractivity contribution in [3.05, 3.63) is 0 Å². The summed E-state index contributed by atoms with van der Waals surface area (Å²) in [6, 6.07) is 0.875. The molecule has 4 rings (SSSR count). The zero-order chi connectivity index (χ0) is 12.8. The second-order valence-electron chi connectivity index (χ2n) is 7.30. The molecular weight excluding hydrogens is 218 g/mol. The normalized spacial score (nSPS) is 44.6. The van der Waals surface area contributed by atoms with Crippen LogP contribution in [-0.2, 0) is 0 Å². The van der Waals surface area contributed by atoms with Crippen LogP contribution in [0.4, 0.5) is 0 Å². The van der Waals surface area contributed by atoms with E-state index in [1.165, 1.54) is 38.5 Å². The minimum absolute atomic E-state index is 0.271. The van der Waals surface area contributed by atoms with Gasteiger partial charge in [-0.3, -0.25) is 0 Å². The molecule has 4 aliphatic rings. The number of terminal acetylenes is 1. The minimum Gasteiger partial charge on any atom is -0.301 e. The first kappa shape index (κ1) is 12.5. The summed E-state index contributed by atoms with van der Waals surface area (Å²) in [4.78, 5) is 0. The van der Waals surface area contributed by atoms with Gasteiger partial charge in [-0.25, -0.2) is 0 Å². The van der Waals surface area contributed by atoms with Crippen LogP contribution in [0.5, 0.6) is 0 Å². The van der Waals surface area contributed by atoms with Crippen LogP contribution >= 0.6 is 0 Å². The van der Waals surface area contributed by atoms with Gasteiger partial charge in [-0.1, -0.05) is 12.8 Å². The highest BCUT2D eigenvalue weighted by atomic mass is 15.0. The fraction of sp³-hybridized carbons (Fsp3) is 0.882. The lowest BCUT2D eigenvalue weighted by atomic mass is 9.48. The lowest BCUT2D eigenvalue weighted by molar-refractivity contribution is -0.0712. The minimum atomic E-state index is 0.271. The first-order valence-corrected chi connectivity index (χ1v) is 7.87. The van der Waals surface area contributed by atoms with Crippen molar-refractivity contribution >= 4 is 0 Å². The molecule has 2 unspecified atom stereocenters. The Labute approximate surface area is 112 Å². The van der Waals surface area contributed by atoms with Crippen molar-refractivity contribution in [2.45, 2.75) is 70.9 Å². The van der Waals surface area contributed by atoms with Crippen LogP contribution < -0.4 is 5.32 Å². The standard InChI is InChI=1S/C17H27N/c1-4-16(5-2)18-12(3)17-9-13-6-14(10-17)8-15(7-13)11-17/h1,12-16,18H,5-11H2,2-3H3. The molecule has 18 heavy (non-hydrogen) atoms. The monoisotopic (exact) mass is 245 g/mol. The van der Waals surface area contributed by atoms with Gasteiger partial charge in [0.25, 0.3) is 0 Å². The van der Waals surface area contributed by atoms with Gasteiger partial charge in [0.15, 0.2) is 0 Å². The molecule has 4 bridgehead atoms. The zero-order valence-corrected chi connectivity index (χ0v) is 11.9. The Morgan fingerprint density at radius 3 is 2.06 bits per heavy atom. The highest BCUT2D eigenvalue weighted by Crippen LogP contribution is 2.61. The largest absolute Gasteiger partial charge is 0.301 e. The molecule has 0 amide bonds. The van der Waals surface area contributed by atoms with E-state index in [-0.39, 0.29) is 6.04 Å². The quantitative estimate of drug-likeness (QED) is 0.746. The maximum absolute atomic E-state index is 5.61. The van der Waals surface area contributed by atoms with E-state index in [9.17, 15) is 0 Å². The summed E-state index contributed by atoms with van der Waals surface area (Å²) in [6.07, 6.45) is 15.6. The lowest BCUT2D eigenvalue weighted by Crippen LogP contribution is -2.56. The Kier molecular flexibility index (Phi) is 3.18. The summed E-state index contributed by atoms with van der Waals surface area (Å²) < 4.78 is 0. The Morgan fingerprint density at radius 1 is 1.17 bits per heavy atom. The zero-order valence-electron chi connectivity index (χ0n) is 11.9. The molecule has 0 aliphatic heterocycles. The predicted molar refractivity (Wildman–Crippen MR) is 76.1 cm³/mol. The van der Waals surface area contributed by atoms with Crippen molar-refractivity contribution in [2.75, 3.05) is 0 Å².